The number of fused-ring (bicyclic) bond motifs is 1. The zero-order chi connectivity index (χ0) is 22.8. The molecular weight excluding hydrogens is 434 g/mol. The first kappa shape index (κ1) is 20.9. The first-order valence-electron chi connectivity index (χ1n) is 9.21. The van der Waals surface area contributed by atoms with Gasteiger partial charge in [-0.15, -0.1) is 11.3 Å². The fraction of sp³-hybridized carbons (Fsp3) is 0.0476. The van der Waals surface area contributed by atoms with Gasteiger partial charge in [0.2, 0.25) is 5.91 Å². The molecule has 4 N–H and O–H groups in total. The number of carboxylic acid groups (broad SMARTS) is 1. The standard InChI is InChI=1S/C21H15N5O5S/c22-17(28)12-3-1-2-4-14(12)24-15(27)9-26-18(11-5-7-23-8-6-11)25-19-16(20(26)29)13(10-32-19)21(30)31/h1-8,10H,9H2,(H2,22,28)(H,24,27)(H,30,31). The van der Waals surface area contributed by atoms with Crippen LogP contribution in [-0.2, 0) is 11.3 Å². The van der Waals surface area contributed by atoms with Crippen LogP contribution in [0.2, 0.25) is 0 Å². The van der Waals surface area contributed by atoms with Crippen molar-refractivity contribution in [2.24, 2.45) is 5.73 Å². The molecule has 3 heterocycles. The summed E-state index contributed by atoms with van der Waals surface area (Å²) in [4.78, 5) is 57.9. The summed E-state index contributed by atoms with van der Waals surface area (Å²) in [6, 6.07) is 9.43. The van der Waals surface area contributed by atoms with Gasteiger partial charge in [0.25, 0.3) is 11.5 Å². The lowest BCUT2D eigenvalue weighted by atomic mass is 10.1. The Morgan fingerprint density at radius 3 is 2.50 bits per heavy atom. The molecular formula is C21H15N5O5S. The number of nitrogens with one attached hydrogen (secondary N) is 1. The average molecular weight is 449 g/mol. The van der Waals surface area contributed by atoms with Crippen LogP contribution in [0, 0.1) is 0 Å². The maximum absolute atomic E-state index is 13.3. The van der Waals surface area contributed by atoms with E-state index < -0.39 is 29.9 Å². The predicted molar refractivity (Wildman–Crippen MR) is 118 cm³/mol. The number of benzene rings is 1. The van der Waals surface area contributed by atoms with E-state index in [1.165, 1.54) is 29.9 Å². The summed E-state index contributed by atoms with van der Waals surface area (Å²) < 4.78 is 1.10. The molecule has 2 amide bonds. The highest BCUT2D eigenvalue weighted by Gasteiger charge is 2.22. The Balaban J connectivity index is 1.82. The van der Waals surface area contributed by atoms with Crippen molar-refractivity contribution in [1.29, 1.82) is 0 Å². The number of rotatable bonds is 6. The fourth-order valence-electron chi connectivity index (χ4n) is 3.19. The van der Waals surface area contributed by atoms with E-state index in [-0.39, 0.29) is 32.9 Å². The highest BCUT2D eigenvalue weighted by molar-refractivity contribution is 7.17. The normalized spacial score (nSPS) is 10.8. The molecule has 3 aromatic heterocycles. The van der Waals surface area contributed by atoms with Crippen LogP contribution >= 0.6 is 11.3 Å². The smallest absolute Gasteiger partial charge is 0.337 e. The third-order valence-corrected chi connectivity index (χ3v) is 5.50. The number of nitrogens with zero attached hydrogens (tertiary/aromatic N) is 3. The van der Waals surface area contributed by atoms with Gasteiger partial charge >= 0.3 is 5.97 Å². The third-order valence-electron chi connectivity index (χ3n) is 4.63. The van der Waals surface area contributed by atoms with Crippen molar-refractivity contribution >= 4 is 45.0 Å². The lowest BCUT2D eigenvalue weighted by Gasteiger charge is -2.14. The van der Waals surface area contributed by atoms with Crippen molar-refractivity contribution in [3.8, 4) is 11.4 Å². The predicted octanol–water partition coefficient (Wildman–Crippen LogP) is 1.96. The number of anilines is 1. The second-order valence-electron chi connectivity index (χ2n) is 6.66. The van der Waals surface area contributed by atoms with Crippen molar-refractivity contribution in [3.05, 3.63) is 75.7 Å². The van der Waals surface area contributed by atoms with E-state index >= 15 is 0 Å². The minimum atomic E-state index is -1.27. The third kappa shape index (κ3) is 3.84. The Hall–Kier alpha value is -4.38. The largest absolute Gasteiger partial charge is 0.478 e. The minimum Gasteiger partial charge on any atom is -0.478 e. The zero-order valence-corrected chi connectivity index (χ0v) is 17.1. The van der Waals surface area contributed by atoms with Crippen LogP contribution in [0.3, 0.4) is 0 Å². The zero-order valence-electron chi connectivity index (χ0n) is 16.3. The number of carbonyl (C=O) groups is 3. The number of carboxylic acids is 1. The monoisotopic (exact) mass is 449 g/mol. The van der Waals surface area contributed by atoms with Gasteiger partial charge in [0.1, 0.15) is 17.2 Å². The molecule has 0 fully saturated rings. The number of hydrogen-bond acceptors (Lipinski definition) is 7. The molecule has 0 aliphatic rings. The number of aromatic carboxylic acids is 1. The second kappa shape index (κ2) is 8.40. The Labute approximate surface area is 184 Å². The highest BCUT2D eigenvalue weighted by atomic mass is 32.1. The van der Waals surface area contributed by atoms with Crippen molar-refractivity contribution in [2.45, 2.75) is 6.54 Å². The molecule has 0 spiro atoms. The summed E-state index contributed by atoms with van der Waals surface area (Å²) in [5.41, 5.74) is 5.33. The molecule has 1 aromatic carbocycles. The number of primary amides is 1. The van der Waals surface area contributed by atoms with E-state index in [1.807, 2.05) is 0 Å². The molecule has 10 nitrogen and oxygen atoms in total. The van der Waals surface area contributed by atoms with Crippen molar-refractivity contribution in [3.63, 3.8) is 0 Å². The van der Waals surface area contributed by atoms with Gasteiger partial charge in [-0.3, -0.25) is 23.9 Å². The average Bonchev–Trinajstić information content (AvgIpc) is 3.21. The van der Waals surface area contributed by atoms with Gasteiger partial charge in [0, 0.05) is 23.3 Å². The number of para-hydroxylation sites is 1. The van der Waals surface area contributed by atoms with Crippen molar-refractivity contribution < 1.29 is 19.5 Å². The second-order valence-corrected chi connectivity index (χ2v) is 7.51. The summed E-state index contributed by atoms with van der Waals surface area (Å²) in [5.74, 6) is -2.42. The number of amides is 2. The van der Waals surface area contributed by atoms with E-state index in [9.17, 15) is 24.3 Å². The Morgan fingerprint density at radius 2 is 1.81 bits per heavy atom. The molecule has 0 saturated carbocycles. The van der Waals surface area contributed by atoms with E-state index in [0.717, 1.165) is 15.9 Å². The number of thiophene rings is 1. The molecule has 32 heavy (non-hydrogen) atoms. The Kier molecular flexibility index (Phi) is 5.48. The van der Waals surface area contributed by atoms with Crippen LogP contribution in [0.4, 0.5) is 5.69 Å². The van der Waals surface area contributed by atoms with Crippen LogP contribution in [0.25, 0.3) is 21.6 Å². The molecule has 0 radical (unpaired) electrons. The van der Waals surface area contributed by atoms with Crippen LogP contribution in [0.5, 0.6) is 0 Å². The lowest BCUT2D eigenvalue weighted by Crippen LogP contribution is -2.30. The van der Waals surface area contributed by atoms with Crippen LogP contribution in [-0.4, -0.2) is 37.4 Å². The van der Waals surface area contributed by atoms with Gasteiger partial charge in [-0.05, 0) is 24.3 Å². The Bertz CT molecular complexity index is 1430. The van der Waals surface area contributed by atoms with E-state index in [2.05, 4.69) is 15.3 Å². The van der Waals surface area contributed by atoms with Crippen LogP contribution in [0.15, 0.2) is 59.0 Å². The number of carbonyl (C=O) groups excluding carboxylic acids is 2. The molecule has 11 heteroatoms. The molecule has 0 aliphatic heterocycles. The molecule has 0 atom stereocenters. The summed E-state index contributed by atoms with van der Waals surface area (Å²) in [6.45, 7) is -0.471. The van der Waals surface area contributed by atoms with Gasteiger partial charge in [-0.1, -0.05) is 12.1 Å². The number of pyridine rings is 1. The summed E-state index contributed by atoms with van der Waals surface area (Å²) >= 11 is 1.03. The SMILES string of the molecule is NC(=O)c1ccccc1NC(=O)Cn1c(-c2ccncc2)nc2scc(C(=O)O)c2c1=O. The van der Waals surface area contributed by atoms with Crippen LogP contribution < -0.4 is 16.6 Å². The van der Waals surface area contributed by atoms with Gasteiger partial charge in [-0.25, -0.2) is 9.78 Å². The number of nitrogens with two attached hydrogens (primary N) is 1. The first-order chi connectivity index (χ1) is 15.4. The first-order valence-corrected chi connectivity index (χ1v) is 10.1. The number of hydrogen-bond donors (Lipinski definition) is 3. The maximum atomic E-state index is 13.3. The van der Waals surface area contributed by atoms with E-state index in [1.54, 1.807) is 24.3 Å². The Morgan fingerprint density at radius 1 is 1.09 bits per heavy atom. The fourth-order valence-corrected chi connectivity index (χ4v) is 4.09. The van der Waals surface area contributed by atoms with Crippen molar-refractivity contribution in [2.75, 3.05) is 5.32 Å². The van der Waals surface area contributed by atoms with Crippen LogP contribution in [0.1, 0.15) is 20.7 Å². The van der Waals surface area contributed by atoms with E-state index in [0.29, 0.717) is 5.56 Å². The molecule has 0 aliphatic carbocycles. The van der Waals surface area contributed by atoms with Gasteiger partial charge < -0.3 is 16.2 Å². The summed E-state index contributed by atoms with van der Waals surface area (Å²) in [6.07, 6.45) is 3.02. The topological polar surface area (TPSA) is 157 Å². The number of aromatic nitrogens is 3. The molecule has 0 unspecified atom stereocenters. The lowest BCUT2D eigenvalue weighted by molar-refractivity contribution is -0.116. The molecule has 4 rings (SSSR count). The molecule has 160 valence electrons. The maximum Gasteiger partial charge on any atom is 0.337 e. The van der Waals surface area contributed by atoms with E-state index in [4.69, 9.17) is 5.73 Å². The molecule has 0 saturated heterocycles. The van der Waals surface area contributed by atoms with Crippen molar-refractivity contribution in [1.82, 2.24) is 14.5 Å². The quantitative estimate of drug-likeness (QED) is 0.406. The molecule has 4 aromatic rings. The van der Waals surface area contributed by atoms with Gasteiger partial charge in [0.05, 0.1) is 22.2 Å². The summed E-state index contributed by atoms with van der Waals surface area (Å²) in [5, 5.41) is 13.3. The minimum absolute atomic E-state index is 0.0781. The molecule has 0 bridgehead atoms. The summed E-state index contributed by atoms with van der Waals surface area (Å²) in [7, 11) is 0. The highest BCUT2D eigenvalue weighted by Crippen LogP contribution is 2.25. The van der Waals surface area contributed by atoms with Gasteiger partial charge in [0.15, 0.2) is 0 Å². The van der Waals surface area contributed by atoms with Gasteiger partial charge in [-0.2, -0.15) is 0 Å².